The van der Waals surface area contributed by atoms with Crippen LogP contribution in [0.4, 0.5) is 4.79 Å². The molecule has 0 atom stereocenters. The Morgan fingerprint density at radius 1 is 0.938 bits per heavy atom. The first-order chi connectivity index (χ1) is 15.5. The molecule has 0 bridgehead atoms. The number of carbonyl (C=O) groups is 4. The van der Waals surface area contributed by atoms with Crippen LogP contribution in [0.1, 0.15) is 50.5 Å². The predicted octanol–water partition coefficient (Wildman–Crippen LogP) is 3.15. The van der Waals surface area contributed by atoms with Crippen molar-refractivity contribution >= 4 is 23.8 Å². The van der Waals surface area contributed by atoms with Crippen LogP contribution in [0.15, 0.2) is 42.0 Å². The lowest BCUT2D eigenvalue weighted by molar-refractivity contribution is -0.145. The monoisotopic (exact) mass is 437 g/mol. The molecular weight excluding hydrogens is 406 g/mol. The standard InChI is InChI=1S/C25H31N3O4/c29-22(26-14-11-21(12-15-26)17-20-9-5-2-6-10-20)18-28-24(31)23(30)27(25(28)32)16-13-19-7-3-1-4-8-19/h2,5-7,9-10,21H,1,3-4,8,11-18H2. The zero-order valence-corrected chi connectivity index (χ0v) is 18.5. The van der Waals surface area contributed by atoms with Crippen LogP contribution >= 0.6 is 0 Å². The van der Waals surface area contributed by atoms with Gasteiger partial charge in [0.05, 0.1) is 0 Å². The van der Waals surface area contributed by atoms with E-state index in [2.05, 4.69) is 18.2 Å². The van der Waals surface area contributed by atoms with Gasteiger partial charge >= 0.3 is 17.8 Å². The highest BCUT2D eigenvalue weighted by atomic mass is 16.2. The summed E-state index contributed by atoms with van der Waals surface area (Å²) in [6.45, 7) is 1.06. The largest absolute Gasteiger partial charge is 0.341 e. The molecule has 32 heavy (non-hydrogen) atoms. The minimum atomic E-state index is -0.889. The second-order valence-electron chi connectivity index (χ2n) is 9.00. The van der Waals surface area contributed by atoms with Crippen molar-refractivity contribution in [3.05, 3.63) is 47.5 Å². The molecule has 2 fully saturated rings. The molecular formula is C25H31N3O4. The molecule has 4 rings (SSSR count). The Labute approximate surface area is 189 Å². The predicted molar refractivity (Wildman–Crippen MR) is 119 cm³/mol. The van der Waals surface area contributed by atoms with E-state index >= 15 is 0 Å². The van der Waals surface area contributed by atoms with Gasteiger partial charge in [0.1, 0.15) is 6.54 Å². The molecule has 0 N–H and O–H groups in total. The first-order valence-electron chi connectivity index (χ1n) is 11.7. The first kappa shape index (κ1) is 22.2. The van der Waals surface area contributed by atoms with E-state index < -0.39 is 17.8 Å². The van der Waals surface area contributed by atoms with Crippen LogP contribution in [0.25, 0.3) is 0 Å². The summed E-state index contributed by atoms with van der Waals surface area (Å²) in [5, 5.41) is 0. The average molecular weight is 438 g/mol. The summed E-state index contributed by atoms with van der Waals surface area (Å²) < 4.78 is 0. The molecule has 0 saturated carbocycles. The summed E-state index contributed by atoms with van der Waals surface area (Å²) in [7, 11) is 0. The fourth-order valence-electron chi connectivity index (χ4n) is 4.84. The SMILES string of the molecule is O=C(CN1C(=O)C(=O)N(CCC2=CCCCC2)C1=O)N1CCC(Cc2ccccc2)CC1. The number of imide groups is 2. The minimum absolute atomic E-state index is 0.199. The number of allylic oxidation sites excluding steroid dienone is 1. The van der Waals surface area contributed by atoms with Gasteiger partial charge in [0, 0.05) is 19.6 Å². The third-order valence-corrected chi connectivity index (χ3v) is 6.80. The fraction of sp³-hybridized carbons (Fsp3) is 0.520. The Hall–Kier alpha value is -2.96. The molecule has 0 radical (unpaired) electrons. The lowest BCUT2D eigenvalue weighted by atomic mass is 9.90. The van der Waals surface area contributed by atoms with Crippen molar-refractivity contribution in [1.29, 1.82) is 0 Å². The quantitative estimate of drug-likeness (QED) is 0.373. The van der Waals surface area contributed by atoms with E-state index in [9.17, 15) is 19.2 Å². The van der Waals surface area contributed by atoms with Crippen molar-refractivity contribution < 1.29 is 19.2 Å². The third kappa shape index (κ3) is 5.09. The van der Waals surface area contributed by atoms with Crippen molar-refractivity contribution in [2.45, 2.75) is 51.4 Å². The molecule has 5 amide bonds. The number of carbonyl (C=O) groups excluding carboxylic acids is 4. The van der Waals surface area contributed by atoms with E-state index in [-0.39, 0.29) is 19.0 Å². The second kappa shape index (κ2) is 10.1. The van der Waals surface area contributed by atoms with Gasteiger partial charge in [-0.3, -0.25) is 19.3 Å². The molecule has 2 saturated heterocycles. The number of piperidine rings is 1. The van der Waals surface area contributed by atoms with Gasteiger partial charge in [0.15, 0.2) is 0 Å². The van der Waals surface area contributed by atoms with Crippen LogP contribution in [0.3, 0.4) is 0 Å². The molecule has 2 heterocycles. The number of likely N-dealkylation sites (tertiary alicyclic amines) is 1. The summed E-state index contributed by atoms with van der Waals surface area (Å²) in [4.78, 5) is 53.7. The normalized spacial score (nSPS) is 20.2. The highest BCUT2D eigenvalue weighted by Gasteiger charge is 2.45. The maximum absolute atomic E-state index is 12.8. The van der Waals surface area contributed by atoms with Crippen LogP contribution in [0.2, 0.25) is 0 Å². The summed E-state index contributed by atoms with van der Waals surface area (Å²) >= 11 is 0. The van der Waals surface area contributed by atoms with Gasteiger partial charge in [-0.05, 0) is 62.8 Å². The Morgan fingerprint density at radius 3 is 2.34 bits per heavy atom. The van der Waals surface area contributed by atoms with Gasteiger partial charge in [-0.2, -0.15) is 0 Å². The smallest absolute Gasteiger partial charge is 0.334 e. The highest BCUT2D eigenvalue weighted by Crippen LogP contribution is 2.24. The fourth-order valence-corrected chi connectivity index (χ4v) is 4.84. The number of hydrogen-bond donors (Lipinski definition) is 0. The number of rotatable bonds is 7. The molecule has 1 aromatic rings. The maximum atomic E-state index is 12.8. The lowest BCUT2D eigenvalue weighted by Crippen LogP contribution is -2.46. The molecule has 0 spiro atoms. The van der Waals surface area contributed by atoms with E-state index in [0.29, 0.717) is 25.4 Å². The van der Waals surface area contributed by atoms with E-state index in [0.717, 1.165) is 48.3 Å². The molecule has 1 aromatic carbocycles. The summed E-state index contributed by atoms with van der Waals surface area (Å²) in [5.41, 5.74) is 2.53. The van der Waals surface area contributed by atoms with Crippen molar-refractivity contribution in [3.8, 4) is 0 Å². The topological polar surface area (TPSA) is 78.0 Å². The van der Waals surface area contributed by atoms with Crippen LogP contribution in [0.5, 0.6) is 0 Å². The van der Waals surface area contributed by atoms with Crippen molar-refractivity contribution in [2.75, 3.05) is 26.2 Å². The van der Waals surface area contributed by atoms with Crippen LogP contribution in [-0.2, 0) is 20.8 Å². The third-order valence-electron chi connectivity index (χ3n) is 6.80. The summed E-state index contributed by atoms with van der Waals surface area (Å²) in [5.74, 6) is -1.46. The molecule has 3 aliphatic rings. The summed E-state index contributed by atoms with van der Waals surface area (Å²) in [6.07, 6.45) is 9.83. The van der Waals surface area contributed by atoms with Gasteiger partial charge < -0.3 is 4.90 Å². The average Bonchev–Trinajstić information content (AvgIpc) is 3.02. The Bertz CT molecular complexity index is 903. The Morgan fingerprint density at radius 2 is 1.66 bits per heavy atom. The number of hydrogen-bond acceptors (Lipinski definition) is 4. The number of amides is 5. The molecule has 0 unspecified atom stereocenters. The van der Waals surface area contributed by atoms with Gasteiger partial charge in [-0.15, -0.1) is 0 Å². The van der Waals surface area contributed by atoms with Crippen molar-refractivity contribution in [3.63, 3.8) is 0 Å². The molecule has 7 nitrogen and oxygen atoms in total. The molecule has 2 aliphatic heterocycles. The minimum Gasteiger partial charge on any atom is -0.341 e. The van der Waals surface area contributed by atoms with Crippen LogP contribution < -0.4 is 0 Å². The van der Waals surface area contributed by atoms with Crippen molar-refractivity contribution in [1.82, 2.24) is 14.7 Å². The number of nitrogens with zero attached hydrogens (tertiary/aromatic N) is 3. The highest BCUT2D eigenvalue weighted by molar-refractivity contribution is 6.45. The molecule has 7 heteroatoms. The molecule has 0 aromatic heterocycles. The van der Waals surface area contributed by atoms with Crippen LogP contribution in [0, 0.1) is 5.92 Å². The van der Waals surface area contributed by atoms with Crippen LogP contribution in [-0.4, -0.2) is 64.6 Å². The van der Waals surface area contributed by atoms with Gasteiger partial charge in [0.2, 0.25) is 5.91 Å². The van der Waals surface area contributed by atoms with E-state index in [4.69, 9.17) is 0 Å². The number of benzene rings is 1. The lowest BCUT2D eigenvalue weighted by Gasteiger charge is -2.32. The molecule has 170 valence electrons. The van der Waals surface area contributed by atoms with Gasteiger partial charge in [-0.25, -0.2) is 9.69 Å². The molecule has 1 aliphatic carbocycles. The zero-order valence-electron chi connectivity index (χ0n) is 18.5. The number of urea groups is 1. The van der Waals surface area contributed by atoms with Gasteiger partial charge in [-0.1, -0.05) is 42.0 Å². The zero-order chi connectivity index (χ0) is 22.5. The van der Waals surface area contributed by atoms with E-state index in [1.54, 1.807) is 4.90 Å². The van der Waals surface area contributed by atoms with E-state index in [1.807, 2.05) is 18.2 Å². The summed E-state index contributed by atoms with van der Waals surface area (Å²) in [6, 6.07) is 9.66. The Kier molecular flexibility index (Phi) is 7.02. The van der Waals surface area contributed by atoms with E-state index in [1.165, 1.54) is 17.6 Å². The second-order valence-corrected chi connectivity index (χ2v) is 9.00. The van der Waals surface area contributed by atoms with Crippen molar-refractivity contribution in [2.24, 2.45) is 5.92 Å². The first-order valence-corrected chi connectivity index (χ1v) is 11.7. The van der Waals surface area contributed by atoms with Gasteiger partial charge in [0.25, 0.3) is 0 Å². The Balaban J connectivity index is 1.27. The maximum Gasteiger partial charge on any atom is 0.334 e.